The molecule has 0 bridgehead atoms. The molecule has 2 aromatic carbocycles. The quantitative estimate of drug-likeness (QED) is 0.728. The maximum Gasteiger partial charge on any atom is 0.161 e. The van der Waals surface area contributed by atoms with E-state index < -0.39 is 0 Å². The highest BCUT2D eigenvalue weighted by Crippen LogP contribution is 2.33. The minimum absolute atomic E-state index is 0.234. The van der Waals surface area contributed by atoms with Crippen LogP contribution < -0.4 is 30.4 Å². The van der Waals surface area contributed by atoms with Gasteiger partial charge in [-0.05, 0) is 42.3 Å². The molecule has 6 nitrogen and oxygen atoms in total. The van der Waals surface area contributed by atoms with Crippen molar-refractivity contribution in [3.63, 3.8) is 0 Å². The number of benzene rings is 2. The van der Waals surface area contributed by atoms with Crippen LogP contribution in [0, 0.1) is 5.92 Å². The molecule has 144 valence electrons. The average molecular weight is 369 g/mol. The van der Waals surface area contributed by atoms with Gasteiger partial charge in [0, 0.05) is 25.0 Å². The van der Waals surface area contributed by atoms with Crippen LogP contribution in [0.4, 0.5) is 0 Å². The van der Waals surface area contributed by atoms with E-state index in [4.69, 9.17) is 14.2 Å². The van der Waals surface area contributed by atoms with Crippen molar-refractivity contribution in [1.29, 1.82) is 0 Å². The lowest BCUT2D eigenvalue weighted by Gasteiger charge is -2.24. The largest absolute Gasteiger partial charge is 0.497 e. The van der Waals surface area contributed by atoms with Gasteiger partial charge in [-0.15, -0.1) is 0 Å². The van der Waals surface area contributed by atoms with Crippen LogP contribution in [0.15, 0.2) is 42.5 Å². The highest BCUT2D eigenvalue weighted by Gasteiger charge is 2.28. The van der Waals surface area contributed by atoms with E-state index in [0.29, 0.717) is 19.1 Å². The second kappa shape index (κ2) is 8.17. The Balaban J connectivity index is 1.38. The van der Waals surface area contributed by atoms with Crippen molar-refractivity contribution in [3.05, 3.63) is 53.6 Å². The van der Waals surface area contributed by atoms with Crippen LogP contribution in [0.2, 0.25) is 0 Å². The first-order chi connectivity index (χ1) is 13.2. The predicted octanol–water partition coefficient (Wildman–Crippen LogP) is 2.58. The summed E-state index contributed by atoms with van der Waals surface area (Å²) in [5, 5.41) is 3.67. The fourth-order valence-electron chi connectivity index (χ4n) is 3.67. The first kappa shape index (κ1) is 18.1. The first-order valence-electron chi connectivity index (χ1n) is 9.50. The second-order valence-electron chi connectivity index (χ2n) is 7.07. The molecule has 0 aliphatic carbocycles. The Labute approximate surface area is 160 Å². The molecule has 1 fully saturated rings. The number of hydrogen-bond acceptors (Lipinski definition) is 6. The third-order valence-corrected chi connectivity index (χ3v) is 5.32. The van der Waals surface area contributed by atoms with Crippen LogP contribution in [-0.2, 0) is 0 Å². The number of methoxy groups -OCH3 is 1. The molecule has 4 rings (SSSR count). The van der Waals surface area contributed by atoms with E-state index in [1.165, 1.54) is 11.1 Å². The monoisotopic (exact) mass is 369 g/mol. The van der Waals surface area contributed by atoms with Crippen molar-refractivity contribution in [2.45, 2.75) is 19.0 Å². The average Bonchev–Trinajstić information content (AvgIpc) is 3.20. The molecule has 6 heteroatoms. The van der Waals surface area contributed by atoms with E-state index in [0.717, 1.165) is 30.3 Å². The molecule has 0 radical (unpaired) electrons. The molecule has 2 aromatic rings. The summed E-state index contributed by atoms with van der Waals surface area (Å²) in [6.45, 7) is 5.25. The summed E-state index contributed by atoms with van der Waals surface area (Å²) >= 11 is 0. The molecule has 3 atom stereocenters. The summed E-state index contributed by atoms with van der Waals surface area (Å²) in [6.07, 6.45) is 0. The summed E-state index contributed by atoms with van der Waals surface area (Å²) in [5.41, 5.74) is 9.16. The van der Waals surface area contributed by atoms with Gasteiger partial charge in [0.1, 0.15) is 19.0 Å². The highest BCUT2D eigenvalue weighted by atomic mass is 16.6. The number of fused-ring (bicyclic) bond motifs is 1. The Morgan fingerprint density at radius 2 is 1.89 bits per heavy atom. The third kappa shape index (κ3) is 4.03. The predicted molar refractivity (Wildman–Crippen MR) is 104 cm³/mol. The van der Waals surface area contributed by atoms with Gasteiger partial charge in [-0.3, -0.25) is 5.43 Å². The Bertz CT molecular complexity index is 766. The van der Waals surface area contributed by atoms with E-state index in [1.54, 1.807) is 7.11 Å². The van der Waals surface area contributed by atoms with Crippen LogP contribution in [0.1, 0.15) is 30.1 Å². The second-order valence-corrected chi connectivity index (χ2v) is 7.07. The molecular weight excluding hydrogens is 342 g/mol. The van der Waals surface area contributed by atoms with Gasteiger partial charge in [-0.2, -0.15) is 0 Å². The fourth-order valence-corrected chi connectivity index (χ4v) is 3.67. The zero-order valence-corrected chi connectivity index (χ0v) is 15.8. The molecule has 1 saturated heterocycles. The molecule has 0 saturated carbocycles. The van der Waals surface area contributed by atoms with Gasteiger partial charge in [0.15, 0.2) is 11.5 Å². The van der Waals surface area contributed by atoms with Crippen LogP contribution in [0.25, 0.3) is 0 Å². The van der Waals surface area contributed by atoms with Crippen molar-refractivity contribution >= 4 is 0 Å². The Kier molecular flexibility index (Phi) is 5.48. The van der Waals surface area contributed by atoms with Crippen molar-refractivity contribution in [2.75, 3.05) is 33.4 Å². The van der Waals surface area contributed by atoms with Crippen molar-refractivity contribution in [2.24, 2.45) is 5.92 Å². The molecule has 2 aliphatic heterocycles. The molecule has 0 aromatic heterocycles. The van der Waals surface area contributed by atoms with Crippen LogP contribution >= 0.6 is 0 Å². The third-order valence-electron chi connectivity index (χ3n) is 5.32. The number of hydrazine groups is 1. The smallest absolute Gasteiger partial charge is 0.161 e. The Morgan fingerprint density at radius 3 is 2.67 bits per heavy atom. The minimum Gasteiger partial charge on any atom is -0.497 e. The molecule has 3 N–H and O–H groups in total. The molecule has 3 unspecified atom stereocenters. The number of ether oxygens (including phenoxy) is 3. The summed E-state index contributed by atoms with van der Waals surface area (Å²) in [5.74, 6) is 3.01. The molecule has 2 heterocycles. The first-order valence-corrected chi connectivity index (χ1v) is 9.50. The van der Waals surface area contributed by atoms with E-state index in [1.807, 2.05) is 18.2 Å². The summed E-state index contributed by atoms with van der Waals surface area (Å²) in [6, 6.07) is 15.0. The van der Waals surface area contributed by atoms with E-state index in [9.17, 15) is 0 Å². The zero-order chi connectivity index (χ0) is 18.6. The lowest BCUT2D eigenvalue weighted by Crippen LogP contribution is -2.30. The lowest BCUT2D eigenvalue weighted by molar-refractivity contribution is 0.171. The van der Waals surface area contributed by atoms with Crippen LogP contribution in [0.5, 0.6) is 17.2 Å². The standard InChI is InChI=1S/C21H27N3O3/c1-14(16-5-8-19-20(11-16)27-10-9-26-19)22-12-17-13-23-24-21(17)15-3-6-18(25-2)7-4-15/h3-8,11,14,17,21-24H,9-10,12-13H2,1-2H3. The number of hydrogen-bond donors (Lipinski definition) is 3. The van der Waals surface area contributed by atoms with Gasteiger partial charge in [0.2, 0.25) is 0 Å². The van der Waals surface area contributed by atoms with Gasteiger partial charge in [-0.25, -0.2) is 5.43 Å². The van der Waals surface area contributed by atoms with Gasteiger partial charge in [0.25, 0.3) is 0 Å². The summed E-state index contributed by atoms with van der Waals surface area (Å²) in [7, 11) is 1.69. The number of rotatable bonds is 6. The van der Waals surface area contributed by atoms with E-state index >= 15 is 0 Å². The SMILES string of the molecule is COc1ccc(C2NNCC2CNC(C)c2ccc3c(c2)OCCO3)cc1. The van der Waals surface area contributed by atoms with E-state index in [-0.39, 0.29) is 12.1 Å². The highest BCUT2D eigenvalue weighted by molar-refractivity contribution is 5.44. The van der Waals surface area contributed by atoms with Gasteiger partial charge in [-0.1, -0.05) is 18.2 Å². The van der Waals surface area contributed by atoms with Crippen molar-refractivity contribution in [3.8, 4) is 17.2 Å². The van der Waals surface area contributed by atoms with Gasteiger partial charge >= 0.3 is 0 Å². The summed E-state index contributed by atoms with van der Waals surface area (Å²) in [4.78, 5) is 0. The van der Waals surface area contributed by atoms with Crippen LogP contribution in [-0.4, -0.2) is 33.4 Å². The van der Waals surface area contributed by atoms with Gasteiger partial charge < -0.3 is 19.5 Å². The fraction of sp³-hybridized carbons (Fsp3) is 0.429. The molecule has 0 spiro atoms. The van der Waals surface area contributed by atoms with Gasteiger partial charge in [0.05, 0.1) is 13.2 Å². The molecule has 2 aliphatic rings. The van der Waals surface area contributed by atoms with Crippen molar-refractivity contribution < 1.29 is 14.2 Å². The Morgan fingerprint density at radius 1 is 1.11 bits per heavy atom. The lowest BCUT2D eigenvalue weighted by atomic mass is 9.94. The molecule has 27 heavy (non-hydrogen) atoms. The Hall–Kier alpha value is -2.28. The maximum absolute atomic E-state index is 5.70. The topological polar surface area (TPSA) is 63.8 Å². The number of nitrogens with one attached hydrogen (secondary N) is 3. The van der Waals surface area contributed by atoms with E-state index in [2.05, 4.69) is 47.4 Å². The zero-order valence-electron chi connectivity index (χ0n) is 15.8. The summed E-state index contributed by atoms with van der Waals surface area (Å²) < 4.78 is 16.6. The van der Waals surface area contributed by atoms with Crippen molar-refractivity contribution in [1.82, 2.24) is 16.2 Å². The maximum atomic E-state index is 5.70. The molecular formula is C21H27N3O3. The minimum atomic E-state index is 0.234. The molecule has 0 amide bonds. The normalized spacial score (nSPS) is 22.4. The van der Waals surface area contributed by atoms with Crippen LogP contribution in [0.3, 0.4) is 0 Å².